The van der Waals surface area contributed by atoms with Crippen LogP contribution in [0.3, 0.4) is 0 Å². The number of aromatic nitrogens is 4. The summed E-state index contributed by atoms with van der Waals surface area (Å²) in [5, 5.41) is 17.1. The van der Waals surface area contributed by atoms with Crippen LogP contribution in [-0.2, 0) is 4.74 Å². The maximum Gasteiger partial charge on any atom is 0.271 e. The Morgan fingerprint density at radius 1 is 1.18 bits per heavy atom. The summed E-state index contributed by atoms with van der Waals surface area (Å²) < 4.78 is 5.11. The summed E-state index contributed by atoms with van der Waals surface area (Å²) in [4.78, 5) is 27.5. The van der Waals surface area contributed by atoms with Crippen LogP contribution >= 0.6 is 0 Å². The Hall–Kier alpha value is -3.66. The molecule has 0 saturated heterocycles. The lowest BCUT2D eigenvalue weighted by Gasteiger charge is -2.13. The van der Waals surface area contributed by atoms with Gasteiger partial charge in [-0.05, 0) is 19.1 Å². The van der Waals surface area contributed by atoms with Gasteiger partial charge < -0.3 is 15.4 Å². The van der Waals surface area contributed by atoms with Crippen LogP contribution in [0.15, 0.2) is 48.9 Å². The maximum atomic E-state index is 10.9. The summed E-state index contributed by atoms with van der Waals surface area (Å²) in [7, 11) is 1.64. The molecule has 0 amide bonds. The average molecular weight is 381 g/mol. The van der Waals surface area contributed by atoms with Crippen LogP contribution in [0.5, 0.6) is 0 Å². The van der Waals surface area contributed by atoms with Crippen LogP contribution in [0.1, 0.15) is 6.92 Å². The van der Waals surface area contributed by atoms with E-state index in [1.54, 1.807) is 37.6 Å². The van der Waals surface area contributed by atoms with E-state index in [0.717, 1.165) is 0 Å². The van der Waals surface area contributed by atoms with E-state index in [-0.39, 0.29) is 11.7 Å². The third-order valence-corrected chi connectivity index (χ3v) is 3.71. The first-order valence-electron chi connectivity index (χ1n) is 8.47. The summed E-state index contributed by atoms with van der Waals surface area (Å²) in [5.41, 5.74) is 1.71. The molecule has 0 aliphatic rings. The average Bonchev–Trinajstić information content (AvgIpc) is 2.69. The zero-order valence-electron chi connectivity index (χ0n) is 15.4. The SMILES string of the molecule is COCC(C)Nc1cc(-c2ccnc(Nc3cccc([N+](=O)[O-])c3)n2)ncn1. The smallest absolute Gasteiger partial charge is 0.271 e. The van der Waals surface area contributed by atoms with E-state index < -0.39 is 4.92 Å². The molecule has 10 heteroatoms. The molecule has 0 spiro atoms. The number of nitro benzene ring substituents is 1. The van der Waals surface area contributed by atoms with Crippen molar-refractivity contribution in [2.45, 2.75) is 13.0 Å². The number of non-ortho nitro benzene ring substituents is 1. The van der Waals surface area contributed by atoms with Crippen molar-refractivity contribution in [3.8, 4) is 11.4 Å². The molecule has 1 atom stereocenters. The van der Waals surface area contributed by atoms with Crippen molar-refractivity contribution >= 4 is 23.1 Å². The van der Waals surface area contributed by atoms with Crippen LogP contribution < -0.4 is 10.6 Å². The number of ether oxygens (including phenoxy) is 1. The largest absolute Gasteiger partial charge is 0.383 e. The normalized spacial score (nSPS) is 11.6. The van der Waals surface area contributed by atoms with Gasteiger partial charge in [-0.3, -0.25) is 10.1 Å². The molecular weight excluding hydrogens is 362 g/mol. The van der Waals surface area contributed by atoms with E-state index in [4.69, 9.17) is 4.74 Å². The number of hydrogen-bond donors (Lipinski definition) is 2. The van der Waals surface area contributed by atoms with Gasteiger partial charge >= 0.3 is 0 Å². The second-order valence-corrected chi connectivity index (χ2v) is 5.99. The molecule has 3 aromatic rings. The molecule has 0 fully saturated rings. The Morgan fingerprint density at radius 2 is 2.04 bits per heavy atom. The van der Waals surface area contributed by atoms with Crippen LogP contribution in [0.4, 0.5) is 23.1 Å². The standard InChI is InChI=1S/C18H19N7O3/c1-12(10-28-2)22-17-9-16(20-11-21-17)15-6-7-19-18(24-15)23-13-4-3-5-14(8-13)25(26)27/h3-9,11-12H,10H2,1-2H3,(H,19,23,24)(H,20,21,22). The Balaban J connectivity index is 1.80. The highest BCUT2D eigenvalue weighted by Gasteiger charge is 2.09. The molecule has 28 heavy (non-hydrogen) atoms. The van der Waals surface area contributed by atoms with E-state index in [1.165, 1.54) is 18.5 Å². The van der Waals surface area contributed by atoms with Crippen molar-refractivity contribution in [3.63, 3.8) is 0 Å². The molecule has 144 valence electrons. The third kappa shape index (κ3) is 4.95. The number of hydrogen-bond acceptors (Lipinski definition) is 9. The lowest BCUT2D eigenvalue weighted by atomic mass is 10.2. The Morgan fingerprint density at radius 3 is 2.82 bits per heavy atom. The summed E-state index contributed by atoms with van der Waals surface area (Å²) in [6.45, 7) is 2.53. The molecule has 0 aliphatic heterocycles. The molecule has 3 rings (SSSR count). The van der Waals surface area contributed by atoms with Gasteiger partial charge in [0, 0.05) is 43.2 Å². The van der Waals surface area contributed by atoms with Crippen LogP contribution in [0, 0.1) is 10.1 Å². The van der Waals surface area contributed by atoms with Gasteiger partial charge in [0.05, 0.1) is 22.9 Å². The second kappa shape index (κ2) is 8.82. The fourth-order valence-electron chi connectivity index (χ4n) is 2.51. The molecule has 1 aromatic carbocycles. The molecule has 0 radical (unpaired) electrons. The zero-order valence-corrected chi connectivity index (χ0v) is 15.4. The lowest BCUT2D eigenvalue weighted by molar-refractivity contribution is -0.384. The van der Waals surface area contributed by atoms with Crippen molar-refractivity contribution in [2.75, 3.05) is 24.4 Å². The number of nitrogens with zero attached hydrogens (tertiary/aromatic N) is 5. The van der Waals surface area contributed by atoms with Crippen molar-refractivity contribution in [1.82, 2.24) is 19.9 Å². The van der Waals surface area contributed by atoms with Crippen molar-refractivity contribution < 1.29 is 9.66 Å². The minimum absolute atomic E-state index is 0.0159. The van der Waals surface area contributed by atoms with Crippen molar-refractivity contribution in [1.29, 1.82) is 0 Å². The number of rotatable bonds is 8. The van der Waals surface area contributed by atoms with E-state index in [9.17, 15) is 10.1 Å². The first-order chi connectivity index (χ1) is 13.5. The van der Waals surface area contributed by atoms with Gasteiger partial charge in [-0.2, -0.15) is 0 Å². The highest BCUT2D eigenvalue weighted by Crippen LogP contribution is 2.22. The molecule has 0 aliphatic carbocycles. The first-order valence-corrected chi connectivity index (χ1v) is 8.47. The third-order valence-electron chi connectivity index (χ3n) is 3.71. The van der Waals surface area contributed by atoms with Gasteiger partial charge in [0.15, 0.2) is 0 Å². The Bertz CT molecular complexity index is 967. The summed E-state index contributed by atoms with van der Waals surface area (Å²) in [6.07, 6.45) is 3.04. The number of nitro groups is 1. The topological polar surface area (TPSA) is 128 Å². The minimum Gasteiger partial charge on any atom is -0.383 e. The van der Waals surface area contributed by atoms with E-state index in [2.05, 4.69) is 30.6 Å². The van der Waals surface area contributed by atoms with Gasteiger partial charge in [-0.15, -0.1) is 0 Å². The minimum atomic E-state index is -0.456. The lowest BCUT2D eigenvalue weighted by Crippen LogP contribution is -2.21. The first kappa shape index (κ1) is 19.1. The van der Waals surface area contributed by atoms with E-state index >= 15 is 0 Å². The van der Waals surface area contributed by atoms with Crippen molar-refractivity contribution in [3.05, 3.63) is 59.0 Å². The monoisotopic (exact) mass is 381 g/mol. The van der Waals surface area contributed by atoms with Crippen LogP contribution in [-0.4, -0.2) is 44.6 Å². The Kier molecular flexibility index (Phi) is 6.02. The van der Waals surface area contributed by atoms with Gasteiger partial charge in [-0.25, -0.2) is 19.9 Å². The fourth-order valence-corrected chi connectivity index (χ4v) is 2.51. The summed E-state index contributed by atoms with van der Waals surface area (Å²) in [5.74, 6) is 0.959. The second-order valence-electron chi connectivity index (χ2n) is 5.99. The summed E-state index contributed by atoms with van der Waals surface area (Å²) >= 11 is 0. The molecular formula is C18H19N7O3. The molecule has 2 N–H and O–H groups in total. The van der Waals surface area contributed by atoms with Gasteiger partial charge in [0.1, 0.15) is 12.1 Å². The summed E-state index contributed by atoms with van der Waals surface area (Å²) in [6, 6.07) is 9.72. The van der Waals surface area contributed by atoms with Gasteiger partial charge in [-0.1, -0.05) is 6.07 Å². The zero-order chi connectivity index (χ0) is 19.9. The molecule has 2 aromatic heterocycles. The predicted octanol–water partition coefficient (Wildman–Crippen LogP) is 3.03. The molecule has 0 bridgehead atoms. The Labute approximate surface area is 161 Å². The number of benzene rings is 1. The predicted molar refractivity (Wildman–Crippen MR) is 104 cm³/mol. The molecule has 1 unspecified atom stereocenters. The van der Waals surface area contributed by atoms with Gasteiger partial charge in [0.2, 0.25) is 5.95 Å². The van der Waals surface area contributed by atoms with Crippen LogP contribution in [0.2, 0.25) is 0 Å². The number of anilines is 3. The molecule has 0 saturated carbocycles. The van der Waals surface area contributed by atoms with Crippen LogP contribution in [0.25, 0.3) is 11.4 Å². The highest BCUT2D eigenvalue weighted by atomic mass is 16.6. The molecule has 10 nitrogen and oxygen atoms in total. The maximum absolute atomic E-state index is 10.9. The number of nitrogens with one attached hydrogen (secondary N) is 2. The fraction of sp³-hybridized carbons (Fsp3) is 0.222. The van der Waals surface area contributed by atoms with E-state index in [0.29, 0.717) is 35.4 Å². The van der Waals surface area contributed by atoms with Gasteiger partial charge in [0.25, 0.3) is 5.69 Å². The van der Waals surface area contributed by atoms with E-state index in [1.807, 2.05) is 6.92 Å². The highest BCUT2D eigenvalue weighted by molar-refractivity contribution is 5.62. The molecule has 2 heterocycles. The quantitative estimate of drug-likeness (QED) is 0.447. The van der Waals surface area contributed by atoms with Crippen molar-refractivity contribution in [2.24, 2.45) is 0 Å². The number of methoxy groups -OCH3 is 1.